The van der Waals surface area contributed by atoms with Gasteiger partial charge in [-0.25, -0.2) is 4.57 Å². The normalized spacial score (nSPS) is 14.3. The van der Waals surface area contributed by atoms with Crippen LogP contribution in [-0.4, -0.2) is 74.3 Å². The monoisotopic (exact) mass is 1160 g/mol. The molecule has 10 heteroatoms. The minimum Gasteiger partial charge on any atom is -0.456 e. The standard InChI is InChI=1S/C72H127N2O7P/c1-7-10-13-16-19-22-25-28-30-32-34-36-37-39-40-42-44-46-49-52-55-58-61-64-71(75)73-69(68-80-82(77,78)79-67-66-74(4,5)6)70(63-60-57-54-51-48-27-24-21-18-15-12-9-3)81-72(76)65-62-59-56-53-50-47-45-43-41-38-35-33-31-29-26-23-20-17-14-11-8-2/h11,14,19-20,22-23,28-31,35,38,43,45,50,53,60,63,69-70H,7-10,12-13,15-18,21,24-27,32-34,36-37,39-42,44,46-49,51-52,54-59,61-62,64-68H2,1-6H3,(H-,73,75,77,78)/p+1/b14-11-,22-19-,23-20-,30-28-,31-29-,38-35-,45-43-,53-50-,63-60+. The Hall–Kier alpha value is -3.33. The minimum atomic E-state index is -4.47. The van der Waals surface area contributed by atoms with Crippen molar-refractivity contribution in [3.05, 3.63) is 109 Å². The Balaban J connectivity index is 5.22. The second-order valence-electron chi connectivity index (χ2n) is 23.6. The van der Waals surface area contributed by atoms with Crippen molar-refractivity contribution in [2.24, 2.45) is 0 Å². The zero-order valence-electron chi connectivity index (χ0n) is 54.0. The Kier molecular flexibility index (Phi) is 58.3. The zero-order valence-corrected chi connectivity index (χ0v) is 54.8. The molecule has 0 aliphatic heterocycles. The summed E-state index contributed by atoms with van der Waals surface area (Å²) in [4.78, 5) is 37.8. The van der Waals surface area contributed by atoms with Crippen molar-refractivity contribution in [1.29, 1.82) is 0 Å². The van der Waals surface area contributed by atoms with Gasteiger partial charge >= 0.3 is 13.8 Å². The van der Waals surface area contributed by atoms with Crippen molar-refractivity contribution in [3.8, 4) is 0 Å². The van der Waals surface area contributed by atoms with Gasteiger partial charge in [-0.1, -0.05) is 265 Å². The molecule has 0 aromatic rings. The van der Waals surface area contributed by atoms with Gasteiger partial charge in [0.2, 0.25) is 5.91 Å². The number of carbonyl (C=O) groups excluding carboxylic acids is 2. The Labute approximate surface area is 506 Å². The highest BCUT2D eigenvalue weighted by molar-refractivity contribution is 7.47. The Morgan fingerprint density at radius 1 is 0.439 bits per heavy atom. The van der Waals surface area contributed by atoms with Crippen LogP contribution in [0.5, 0.6) is 0 Å². The largest absolute Gasteiger partial charge is 0.472 e. The van der Waals surface area contributed by atoms with Crippen molar-refractivity contribution >= 4 is 19.7 Å². The van der Waals surface area contributed by atoms with Crippen LogP contribution in [0.1, 0.15) is 284 Å². The summed E-state index contributed by atoms with van der Waals surface area (Å²) in [5.74, 6) is -0.557. The number of amides is 1. The second kappa shape index (κ2) is 60.8. The van der Waals surface area contributed by atoms with E-state index < -0.39 is 20.0 Å². The number of hydrogen-bond donors (Lipinski definition) is 2. The van der Waals surface area contributed by atoms with Crippen molar-refractivity contribution in [3.63, 3.8) is 0 Å². The fraction of sp³-hybridized carbons (Fsp3) is 0.722. The number of hydrogen-bond acceptors (Lipinski definition) is 6. The van der Waals surface area contributed by atoms with Gasteiger partial charge in [-0.3, -0.25) is 18.6 Å². The molecule has 0 saturated carbocycles. The summed E-state index contributed by atoms with van der Waals surface area (Å²) in [5.41, 5.74) is 0. The molecule has 82 heavy (non-hydrogen) atoms. The summed E-state index contributed by atoms with van der Waals surface area (Å²) >= 11 is 0. The fourth-order valence-electron chi connectivity index (χ4n) is 9.27. The van der Waals surface area contributed by atoms with Gasteiger partial charge in [0, 0.05) is 12.8 Å². The molecule has 0 fully saturated rings. The summed E-state index contributed by atoms with van der Waals surface area (Å²) in [6.45, 7) is 6.85. The van der Waals surface area contributed by atoms with Crippen LogP contribution in [0.2, 0.25) is 0 Å². The van der Waals surface area contributed by atoms with E-state index in [-0.39, 0.29) is 31.5 Å². The van der Waals surface area contributed by atoms with Crippen LogP contribution in [0.25, 0.3) is 0 Å². The Morgan fingerprint density at radius 2 is 0.780 bits per heavy atom. The molecule has 0 aromatic heterocycles. The number of allylic oxidation sites excluding steroid dienone is 17. The molecule has 0 saturated heterocycles. The van der Waals surface area contributed by atoms with E-state index in [1.807, 2.05) is 33.3 Å². The summed E-state index contributed by atoms with van der Waals surface area (Å²) < 4.78 is 30.7. The zero-order chi connectivity index (χ0) is 60.0. The molecule has 0 radical (unpaired) electrons. The van der Waals surface area contributed by atoms with Crippen LogP contribution < -0.4 is 5.32 Å². The number of phosphoric ester groups is 1. The van der Waals surface area contributed by atoms with E-state index in [0.717, 1.165) is 96.3 Å². The highest BCUT2D eigenvalue weighted by Crippen LogP contribution is 2.43. The van der Waals surface area contributed by atoms with Crippen molar-refractivity contribution < 1.29 is 37.3 Å². The average molecular weight is 1160 g/mol. The van der Waals surface area contributed by atoms with E-state index >= 15 is 0 Å². The lowest BCUT2D eigenvalue weighted by molar-refractivity contribution is -0.870. The maximum atomic E-state index is 13.6. The number of ether oxygens (including phenoxy) is 1. The first-order valence-corrected chi connectivity index (χ1v) is 35.2. The Bertz CT molecular complexity index is 1770. The van der Waals surface area contributed by atoms with Crippen LogP contribution in [0.3, 0.4) is 0 Å². The molecule has 2 N–H and O–H groups in total. The fourth-order valence-corrected chi connectivity index (χ4v) is 10.0. The van der Waals surface area contributed by atoms with Crippen molar-refractivity contribution in [1.82, 2.24) is 5.32 Å². The predicted octanol–water partition coefficient (Wildman–Crippen LogP) is 21.3. The quantitative estimate of drug-likeness (QED) is 0.0205. The number of esters is 1. The molecule has 1 amide bonds. The predicted molar refractivity (Wildman–Crippen MR) is 355 cm³/mol. The average Bonchev–Trinajstić information content (AvgIpc) is 3.44. The van der Waals surface area contributed by atoms with Gasteiger partial charge in [0.15, 0.2) is 0 Å². The molecule has 0 rings (SSSR count). The lowest BCUT2D eigenvalue weighted by atomic mass is 10.0. The number of rotatable bonds is 60. The van der Waals surface area contributed by atoms with Crippen LogP contribution in [0.4, 0.5) is 0 Å². The third kappa shape index (κ3) is 61.2. The summed E-state index contributed by atoms with van der Waals surface area (Å²) in [6, 6.07) is -0.874. The van der Waals surface area contributed by atoms with E-state index in [1.54, 1.807) is 0 Å². The first-order chi connectivity index (χ1) is 39.9. The number of quaternary nitrogens is 1. The molecular weight excluding hydrogens is 1040 g/mol. The molecule has 9 nitrogen and oxygen atoms in total. The van der Waals surface area contributed by atoms with E-state index in [4.69, 9.17) is 13.8 Å². The number of phosphoric acid groups is 1. The molecule has 3 atom stereocenters. The number of nitrogens with zero attached hydrogens (tertiary/aromatic N) is 1. The molecular formula is C72H128N2O7P+. The maximum Gasteiger partial charge on any atom is 0.472 e. The third-order valence-electron chi connectivity index (χ3n) is 14.4. The molecule has 0 heterocycles. The first kappa shape index (κ1) is 78.7. The summed E-state index contributed by atoms with van der Waals surface area (Å²) in [6.07, 6.45) is 83.8. The van der Waals surface area contributed by atoms with Gasteiger partial charge in [0.1, 0.15) is 19.3 Å². The van der Waals surface area contributed by atoms with Gasteiger partial charge in [-0.2, -0.15) is 0 Å². The molecule has 0 spiro atoms. The molecule has 3 unspecified atom stereocenters. The van der Waals surface area contributed by atoms with Crippen LogP contribution in [-0.2, 0) is 27.9 Å². The van der Waals surface area contributed by atoms with Gasteiger partial charge < -0.3 is 19.4 Å². The van der Waals surface area contributed by atoms with Crippen molar-refractivity contribution in [2.75, 3.05) is 40.9 Å². The Morgan fingerprint density at radius 3 is 1.21 bits per heavy atom. The number of likely N-dealkylation sites (N-methyl/N-ethyl adjacent to an activating group) is 1. The van der Waals surface area contributed by atoms with Gasteiger partial charge in [0.05, 0.1) is 33.8 Å². The highest BCUT2D eigenvalue weighted by Gasteiger charge is 2.30. The summed E-state index contributed by atoms with van der Waals surface area (Å²) in [7, 11) is 1.46. The molecule has 0 aliphatic rings. The van der Waals surface area contributed by atoms with Gasteiger partial charge in [-0.05, 0) is 115 Å². The summed E-state index contributed by atoms with van der Waals surface area (Å²) in [5, 5.41) is 3.05. The van der Waals surface area contributed by atoms with E-state index in [2.05, 4.69) is 123 Å². The molecule has 0 aliphatic carbocycles. The molecule has 0 aromatic carbocycles. The first-order valence-electron chi connectivity index (χ1n) is 33.7. The van der Waals surface area contributed by atoms with Crippen molar-refractivity contribution in [2.45, 2.75) is 296 Å². The van der Waals surface area contributed by atoms with E-state index in [9.17, 15) is 19.0 Å². The van der Waals surface area contributed by atoms with Gasteiger partial charge in [-0.15, -0.1) is 0 Å². The smallest absolute Gasteiger partial charge is 0.456 e. The lowest BCUT2D eigenvalue weighted by Gasteiger charge is -2.27. The number of nitrogens with one attached hydrogen (secondary N) is 1. The van der Waals surface area contributed by atoms with E-state index in [0.29, 0.717) is 23.9 Å². The third-order valence-corrected chi connectivity index (χ3v) is 15.4. The minimum absolute atomic E-state index is 0.0283. The highest BCUT2D eigenvalue weighted by atomic mass is 31.2. The van der Waals surface area contributed by atoms with E-state index in [1.165, 1.54) is 148 Å². The van der Waals surface area contributed by atoms with Crippen LogP contribution in [0.15, 0.2) is 109 Å². The number of carbonyl (C=O) groups is 2. The lowest BCUT2D eigenvalue weighted by Crippen LogP contribution is -2.47. The maximum absolute atomic E-state index is 13.6. The topological polar surface area (TPSA) is 111 Å². The molecule has 0 bridgehead atoms. The van der Waals surface area contributed by atoms with Crippen LogP contribution >= 0.6 is 7.82 Å². The second-order valence-corrected chi connectivity index (χ2v) is 25.1. The number of unbranched alkanes of at least 4 members (excludes halogenated alkanes) is 28. The molecule has 472 valence electrons. The SMILES string of the molecule is CC/C=C\C/C=C\C/C=C\C/C=C\C/C=C\C/C=C\CCCCC(=O)OC(/C=C/CCCCCCCCCCCC)C(COP(=O)(O)OCC[N+](C)(C)C)NC(=O)CCCCCCCCCCCCCCC/C=C\C/C=C\CCCCC. The van der Waals surface area contributed by atoms with Crippen LogP contribution in [0, 0.1) is 0 Å². The van der Waals surface area contributed by atoms with Gasteiger partial charge in [0.25, 0.3) is 0 Å².